The second-order valence-electron chi connectivity index (χ2n) is 7.56. The average Bonchev–Trinajstić information content (AvgIpc) is 2.38. The highest BCUT2D eigenvalue weighted by Gasteiger charge is 2.06. The fourth-order valence-corrected chi connectivity index (χ4v) is 3.49. The molecule has 0 bridgehead atoms. The Morgan fingerprint density at radius 2 is 1.29 bits per heavy atom. The van der Waals surface area contributed by atoms with Crippen molar-refractivity contribution in [2.24, 2.45) is 17.8 Å². The predicted molar refractivity (Wildman–Crippen MR) is 102 cm³/mol. The molecule has 0 aliphatic rings. The molecule has 0 saturated carbocycles. The summed E-state index contributed by atoms with van der Waals surface area (Å²) in [5.74, 6) is 2.71. The summed E-state index contributed by atoms with van der Waals surface area (Å²) in [6, 6.07) is 0. The maximum atomic E-state index is 3.47. The van der Waals surface area contributed by atoms with Gasteiger partial charge in [-0.1, -0.05) is 100 Å². The molecule has 0 fully saturated rings. The Kier molecular flexibility index (Phi) is 14.0. The van der Waals surface area contributed by atoms with E-state index in [0.29, 0.717) is 0 Å². The van der Waals surface area contributed by atoms with Gasteiger partial charge in [0.25, 0.3) is 0 Å². The van der Waals surface area contributed by atoms with Crippen molar-refractivity contribution in [1.82, 2.24) is 0 Å². The van der Waals surface area contributed by atoms with E-state index in [4.69, 9.17) is 0 Å². The van der Waals surface area contributed by atoms with Crippen LogP contribution in [0.15, 0.2) is 11.6 Å². The Morgan fingerprint density at radius 1 is 0.810 bits per heavy atom. The van der Waals surface area contributed by atoms with Crippen LogP contribution in [0.4, 0.5) is 0 Å². The Bertz CT molecular complexity index is 255. The topological polar surface area (TPSA) is 0 Å². The minimum atomic E-state index is 0.874. The largest absolute Gasteiger partial charge is 0.0883 e. The third kappa shape index (κ3) is 14.9. The maximum Gasteiger partial charge on any atom is 0.0214 e. The molecule has 0 unspecified atom stereocenters. The van der Waals surface area contributed by atoms with E-state index in [1.807, 2.05) is 0 Å². The van der Waals surface area contributed by atoms with Crippen LogP contribution < -0.4 is 0 Å². The summed E-state index contributed by atoms with van der Waals surface area (Å²) in [7, 11) is 0. The van der Waals surface area contributed by atoms with Crippen molar-refractivity contribution in [3.05, 3.63) is 11.6 Å². The van der Waals surface area contributed by atoms with Crippen LogP contribution in [-0.4, -0.2) is 5.33 Å². The molecule has 0 radical (unpaired) electrons. The highest BCUT2D eigenvalue weighted by molar-refractivity contribution is 9.09. The van der Waals surface area contributed by atoms with Crippen molar-refractivity contribution in [2.75, 3.05) is 5.33 Å². The summed E-state index contributed by atoms with van der Waals surface area (Å²) in [5, 5.41) is 1.00. The Hall–Kier alpha value is 0.220. The third-order valence-corrected chi connectivity index (χ3v) is 4.89. The highest BCUT2D eigenvalue weighted by Crippen LogP contribution is 2.22. The molecule has 1 heteroatoms. The molecule has 0 aromatic carbocycles. The Labute approximate surface area is 143 Å². The van der Waals surface area contributed by atoms with Crippen LogP contribution in [0.1, 0.15) is 92.4 Å². The molecule has 0 heterocycles. The molecule has 0 aliphatic heterocycles. The minimum Gasteiger partial charge on any atom is -0.0883 e. The number of rotatable bonds is 13. The van der Waals surface area contributed by atoms with Crippen molar-refractivity contribution in [3.63, 3.8) is 0 Å². The van der Waals surface area contributed by atoms with Crippen LogP contribution in [0, 0.1) is 17.8 Å². The van der Waals surface area contributed by atoms with E-state index < -0.39 is 0 Å². The summed E-state index contributed by atoms with van der Waals surface area (Å²) in [6.07, 6.45) is 14.9. The molecular formula is C20H39Br. The van der Waals surface area contributed by atoms with Crippen LogP contribution in [-0.2, 0) is 0 Å². The first-order chi connectivity index (χ1) is 9.95. The molecule has 0 N–H and O–H groups in total. The predicted octanol–water partition coefficient (Wildman–Crippen LogP) is 7.77. The monoisotopic (exact) mass is 358 g/mol. The molecular weight excluding hydrogens is 320 g/mol. The van der Waals surface area contributed by atoms with E-state index in [-0.39, 0.29) is 0 Å². The molecule has 126 valence electrons. The van der Waals surface area contributed by atoms with Crippen molar-refractivity contribution in [3.8, 4) is 0 Å². The fraction of sp³-hybridized carbons (Fsp3) is 0.900. The molecule has 0 nitrogen and oxygen atoms in total. The lowest BCUT2D eigenvalue weighted by molar-refractivity contribution is 0.389. The van der Waals surface area contributed by atoms with Crippen molar-refractivity contribution >= 4 is 15.9 Å². The van der Waals surface area contributed by atoms with Gasteiger partial charge in [-0.15, -0.1) is 0 Å². The quantitative estimate of drug-likeness (QED) is 0.233. The van der Waals surface area contributed by atoms with Gasteiger partial charge in [0.2, 0.25) is 0 Å². The number of alkyl halides is 1. The number of hydrogen-bond acceptors (Lipinski definition) is 0. The summed E-state index contributed by atoms with van der Waals surface area (Å²) < 4.78 is 0. The second-order valence-corrected chi connectivity index (χ2v) is 8.21. The summed E-state index contributed by atoms with van der Waals surface area (Å²) in [5.41, 5.74) is 1.54. The van der Waals surface area contributed by atoms with Crippen LogP contribution in [0.2, 0.25) is 0 Å². The van der Waals surface area contributed by atoms with Gasteiger partial charge in [-0.25, -0.2) is 0 Å². The van der Waals surface area contributed by atoms with Gasteiger partial charge in [-0.3, -0.25) is 0 Å². The summed E-state index contributed by atoms with van der Waals surface area (Å²) in [6.45, 7) is 11.8. The summed E-state index contributed by atoms with van der Waals surface area (Å²) >= 11 is 3.47. The molecule has 0 rings (SSSR count). The van der Waals surface area contributed by atoms with E-state index in [0.717, 1.165) is 23.1 Å². The van der Waals surface area contributed by atoms with Crippen LogP contribution in [0.25, 0.3) is 0 Å². The molecule has 0 aromatic heterocycles. The van der Waals surface area contributed by atoms with Crippen molar-refractivity contribution in [1.29, 1.82) is 0 Å². The van der Waals surface area contributed by atoms with Gasteiger partial charge < -0.3 is 0 Å². The van der Waals surface area contributed by atoms with Crippen LogP contribution in [0.5, 0.6) is 0 Å². The molecule has 21 heavy (non-hydrogen) atoms. The Balaban J connectivity index is 3.52. The lowest BCUT2D eigenvalue weighted by atomic mass is 9.91. The van der Waals surface area contributed by atoms with Gasteiger partial charge in [0.05, 0.1) is 0 Å². The molecule has 0 amide bonds. The number of hydrogen-bond donors (Lipinski definition) is 0. The zero-order valence-electron chi connectivity index (χ0n) is 15.3. The van der Waals surface area contributed by atoms with Gasteiger partial charge in [0.1, 0.15) is 0 Å². The van der Waals surface area contributed by atoms with E-state index in [1.54, 1.807) is 0 Å². The van der Waals surface area contributed by atoms with Gasteiger partial charge >= 0.3 is 0 Å². The van der Waals surface area contributed by atoms with Gasteiger partial charge in [-0.05, 0) is 37.5 Å². The Morgan fingerprint density at radius 3 is 1.76 bits per heavy atom. The third-order valence-electron chi connectivity index (χ3n) is 4.57. The average molecular weight is 359 g/mol. The summed E-state index contributed by atoms with van der Waals surface area (Å²) in [4.78, 5) is 0. The van der Waals surface area contributed by atoms with E-state index >= 15 is 0 Å². The first kappa shape index (κ1) is 21.2. The fourth-order valence-electron chi connectivity index (χ4n) is 2.94. The van der Waals surface area contributed by atoms with Gasteiger partial charge in [0.15, 0.2) is 0 Å². The first-order valence-corrected chi connectivity index (χ1v) is 10.3. The molecule has 0 aliphatic carbocycles. The minimum absolute atomic E-state index is 0.874. The lowest BCUT2D eigenvalue weighted by Crippen LogP contribution is -2.00. The number of halogens is 1. The number of allylic oxidation sites excluding steroid dienone is 2. The normalized spacial score (nSPS) is 15.5. The van der Waals surface area contributed by atoms with E-state index in [2.05, 4.69) is 56.6 Å². The molecule has 0 aromatic rings. The van der Waals surface area contributed by atoms with Crippen molar-refractivity contribution in [2.45, 2.75) is 92.4 Å². The van der Waals surface area contributed by atoms with E-state index in [1.165, 1.54) is 63.4 Å². The van der Waals surface area contributed by atoms with Crippen LogP contribution in [0.3, 0.4) is 0 Å². The second kappa shape index (κ2) is 13.9. The zero-order chi connectivity index (χ0) is 16.1. The molecule has 2 atom stereocenters. The lowest BCUT2D eigenvalue weighted by Gasteiger charge is -2.15. The van der Waals surface area contributed by atoms with E-state index in [9.17, 15) is 0 Å². The smallest absolute Gasteiger partial charge is 0.0214 e. The SMILES string of the molecule is C/C(=C\CBr)CCC[C@@H](C)CCC[C@@H](C)CCCC(C)C. The van der Waals surface area contributed by atoms with Crippen molar-refractivity contribution < 1.29 is 0 Å². The highest BCUT2D eigenvalue weighted by atomic mass is 79.9. The van der Waals surface area contributed by atoms with Gasteiger partial charge in [-0.2, -0.15) is 0 Å². The van der Waals surface area contributed by atoms with Gasteiger partial charge in [0, 0.05) is 5.33 Å². The zero-order valence-corrected chi connectivity index (χ0v) is 16.8. The maximum absolute atomic E-state index is 3.47. The standard InChI is InChI=1S/C20H39Br/c1-17(2)9-6-10-18(3)11-7-12-19(4)13-8-14-20(5)15-16-21/h15,17-19H,6-14,16H2,1-5H3/b20-15+/t18-,19-/m0/s1. The molecule has 0 spiro atoms. The molecule has 0 saturated heterocycles. The first-order valence-electron chi connectivity index (χ1n) is 9.17. The van der Waals surface area contributed by atoms with Crippen LogP contribution >= 0.6 is 15.9 Å².